The first-order valence-corrected chi connectivity index (χ1v) is 9.67. The van der Waals surface area contributed by atoms with E-state index in [1.165, 1.54) is 0 Å². The van der Waals surface area contributed by atoms with Crippen LogP contribution in [0.25, 0.3) is 0 Å². The quantitative estimate of drug-likeness (QED) is 0.304. The first-order chi connectivity index (χ1) is 13.1. The molecule has 0 saturated heterocycles. The maximum atomic E-state index is 12.9. The number of nitrogens with zero attached hydrogens (tertiary/aromatic N) is 1. The van der Waals surface area contributed by atoms with Gasteiger partial charge in [0.15, 0.2) is 0 Å². The normalized spacial score (nSPS) is 14.7. The van der Waals surface area contributed by atoms with Crippen molar-refractivity contribution in [2.75, 3.05) is 13.7 Å². The number of unbranched alkanes of at least 4 members (excludes halogenated alkanes) is 1. The van der Waals surface area contributed by atoms with Crippen molar-refractivity contribution < 1.29 is 24.6 Å². The minimum Gasteiger partial charge on any atom is -0.497 e. The van der Waals surface area contributed by atoms with Gasteiger partial charge in [-0.05, 0) is 29.5 Å². The van der Waals surface area contributed by atoms with Crippen LogP contribution < -0.4 is 10.1 Å². The van der Waals surface area contributed by atoms with E-state index in [1.807, 2.05) is 27.7 Å². The van der Waals surface area contributed by atoms with E-state index in [4.69, 9.17) is 4.74 Å². The largest absolute Gasteiger partial charge is 0.497 e. The molecule has 0 aromatic heterocycles. The first-order valence-electron chi connectivity index (χ1n) is 9.67. The summed E-state index contributed by atoms with van der Waals surface area (Å²) < 4.78 is 5.15. The van der Waals surface area contributed by atoms with Crippen molar-refractivity contribution in [2.45, 2.75) is 59.1 Å². The number of ether oxygens (including phenoxy) is 1. The van der Waals surface area contributed by atoms with Gasteiger partial charge >= 0.3 is 0 Å². The summed E-state index contributed by atoms with van der Waals surface area (Å²) in [6.45, 7) is 7.75. The maximum Gasteiger partial charge on any atom is 0.233 e. The number of methoxy groups -OCH3 is 1. The smallest absolute Gasteiger partial charge is 0.233 e. The highest BCUT2D eigenvalue weighted by atomic mass is 16.5. The van der Waals surface area contributed by atoms with E-state index in [0.717, 1.165) is 12.8 Å². The van der Waals surface area contributed by atoms with Crippen LogP contribution in [-0.2, 0) is 9.59 Å². The number of hydrogen-bond acceptors (Lipinski definition) is 5. The number of aliphatic hydroxyl groups is 1. The van der Waals surface area contributed by atoms with Crippen molar-refractivity contribution in [1.82, 2.24) is 10.4 Å². The number of rotatable bonds is 11. The summed E-state index contributed by atoms with van der Waals surface area (Å²) in [5.41, 5.74) is 0.247. The van der Waals surface area contributed by atoms with Gasteiger partial charge in [0.05, 0.1) is 31.7 Å². The zero-order valence-corrected chi connectivity index (χ0v) is 17.5. The first kappa shape index (κ1) is 23.9. The van der Waals surface area contributed by atoms with Gasteiger partial charge in [-0.2, -0.15) is 0 Å². The molecule has 0 aliphatic carbocycles. The predicted octanol–water partition coefficient (Wildman–Crippen LogP) is 2.91. The van der Waals surface area contributed by atoms with Crippen molar-refractivity contribution in [3.8, 4) is 5.75 Å². The number of carbonyl (C=O) groups is 2. The lowest BCUT2D eigenvalue weighted by molar-refractivity contribution is -0.155. The van der Waals surface area contributed by atoms with Gasteiger partial charge in [0, 0.05) is 0 Å². The molecule has 2 amide bonds. The number of amides is 2. The number of hydrogen-bond donors (Lipinski definition) is 3. The van der Waals surface area contributed by atoms with Gasteiger partial charge in [0.2, 0.25) is 12.3 Å². The number of aliphatic hydroxyl groups excluding tert-OH is 1. The van der Waals surface area contributed by atoms with Gasteiger partial charge < -0.3 is 15.2 Å². The summed E-state index contributed by atoms with van der Waals surface area (Å²) in [5, 5.41) is 23.9. The van der Waals surface area contributed by atoms with Gasteiger partial charge in [-0.3, -0.25) is 14.8 Å². The molecule has 0 bridgehead atoms. The summed E-state index contributed by atoms with van der Waals surface area (Å²) in [6.07, 6.45) is 1.61. The van der Waals surface area contributed by atoms with E-state index in [1.54, 1.807) is 31.4 Å². The molecule has 0 spiro atoms. The highest BCUT2D eigenvalue weighted by Gasteiger charge is 2.35. The predicted molar refractivity (Wildman–Crippen MR) is 107 cm³/mol. The Hall–Kier alpha value is -2.12. The van der Waals surface area contributed by atoms with Gasteiger partial charge in [-0.15, -0.1) is 0 Å². The molecule has 1 aromatic carbocycles. The second kappa shape index (κ2) is 11.0. The second-order valence-corrected chi connectivity index (χ2v) is 8.14. The monoisotopic (exact) mass is 394 g/mol. The number of hydroxylamine groups is 2. The highest BCUT2D eigenvalue weighted by Crippen LogP contribution is 2.31. The van der Waals surface area contributed by atoms with Crippen molar-refractivity contribution >= 4 is 12.3 Å². The average molecular weight is 395 g/mol. The minimum absolute atomic E-state index is 0.0785. The molecule has 0 saturated carbocycles. The van der Waals surface area contributed by atoms with Crippen LogP contribution in [0, 0.1) is 11.3 Å². The summed E-state index contributed by atoms with van der Waals surface area (Å²) in [6, 6.07) is 6.51. The van der Waals surface area contributed by atoms with Crippen LogP contribution >= 0.6 is 0 Å². The van der Waals surface area contributed by atoms with E-state index in [-0.39, 0.29) is 12.5 Å². The summed E-state index contributed by atoms with van der Waals surface area (Å²) >= 11 is 0. The fourth-order valence-electron chi connectivity index (χ4n) is 3.06. The Kier molecular flexibility index (Phi) is 9.41. The van der Waals surface area contributed by atoms with Crippen molar-refractivity contribution in [2.24, 2.45) is 11.3 Å². The molecule has 0 heterocycles. The van der Waals surface area contributed by atoms with Crippen LogP contribution in [0.2, 0.25) is 0 Å². The summed E-state index contributed by atoms with van der Waals surface area (Å²) in [5.74, 6) is -0.159. The topological polar surface area (TPSA) is 99.1 Å². The lowest BCUT2D eigenvalue weighted by atomic mass is 9.80. The van der Waals surface area contributed by atoms with Crippen LogP contribution in [0.15, 0.2) is 24.3 Å². The average Bonchev–Trinajstić information content (AvgIpc) is 2.67. The highest BCUT2D eigenvalue weighted by molar-refractivity contribution is 5.79. The number of nitrogens with one attached hydrogen (secondary N) is 1. The Bertz CT molecular complexity index is 612. The Morgan fingerprint density at radius 1 is 1.29 bits per heavy atom. The fraction of sp³-hybridized carbons (Fsp3) is 0.619. The Balaban J connectivity index is 3.01. The van der Waals surface area contributed by atoms with Crippen LogP contribution in [0.4, 0.5) is 0 Å². The van der Waals surface area contributed by atoms with E-state index in [0.29, 0.717) is 29.2 Å². The molecule has 3 atom stereocenters. The van der Waals surface area contributed by atoms with Crippen molar-refractivity contribution in [3.63, 3.8) is 0 Å². The van der Waals surface area contributed by atoms with E-state index in [9.17, 15) is 19.9 Å². The molecular formula is C21H34N2O5. The van der Waals surface area contributed by atoms with E-state index in [2.05, 4.69) is 5.32 Å². The van der Waals surface area contributed by atoms with Crippen LogP contribution in [0.1, 0.15) is 58.6 Å². The lowest BCUT2D eigenvalue weighted by Crippen LogP contribution is -2.50. The number of carbonyl (C=O) groups excluding carboxylic acids is 2. The molecule has 1 aromatic rings. The Labute approximate surface area is 167 Å². The van der Waals surface area contributed by atoms with Gasteiger partial charge in [-0.1, -0.05) is 52.7 Å². The molecule has 1 rings (SSSR count). The third kappa shape index (κ3) is 7.13. The third-order valence-corrected chi connectivity index (χ3v) is 4.81. The van der Waals surface area contributed by atoms with E-state index >= 15 is 0 Å². The maximum absolute atomic E-state index is 12.9. The van der Waals surface area contributed by atoms with Gasteiger partial charge in [0.25, 0.3) is 0 Å². The molecule has 0 radical (unpaired) electrons. The van der Waals surface area contributed by atoms with Gasteiger partial charge in [0.1, 0.15) is 5.75 Å². The molecule has 7 nitrogen and oxygen atoms in total. The fourth-order valence-corrected chi connectivity index (χ4v) is 3.06. The second-order valence-electron chi connectivity index (χ2n) is 8.14. The molecule has 0 aliphatic heterocycles. The summed E-state index contributed by atoms with van der Waals surface area (Å²) in [4.78, 5) is 23.7. The van der Waals surface area contributed by atoms with Crippen LogP contribution in [0.3, 0.4) is 0 Å². The third-order valence-electron chi connectivity index (χ3n) is 4.81. The molecule has 3 N–H and O–H groups in total. The van der Waals surface area contributed by atoms with E-state index < -0.39 is 23.5 Å². The number of benzene rings is 1. The molecule has 0 aliphatic rings. The van der Waals surface area contributed by atoms with Crippen molar-refractivity contribution in [3.05, 3.63) is 29.8 Å². The standard InChI is InChI=1S/C21H34N2O5/c1-6-7-8-16(13-23(27)14-24)20(26)22-19(21(2,3)4)18(25)15-9-11-17(28-5)12-10-15/h9-12,14,16,18-19,25,27H,6-8,13H2,1-5H3,(H,22,26)/t16-,18?,19-/m1/s1. The van der Waals surface area contributed by atoms with Crippen molar-refractivity contribution in [1.29, 1.82) is 0 Å². The zero-order valence-electron chi connectivity index (χ0n) is 17.5. The Morgan fingerprint density at radius 2 is 1.89 bits per heavy atom. The lowest BCUT2D eigenvalue weighted by Gasteiger charge is -2.36. The molecule has 7 heteroatoms. The Morgan fingerprint density at radius 3 is 2.36 bits per heavy atom. The molecule has 158 valence electrons. The van der Waals surface area contributed by atoms with Crippen LogP contribution in [-0.4, -0.2) is 47.4 Å². The SMILES string of the molecule is CCCC[C@H](CN(O)C=O)C(=O)N[C@H](C(O)c1ccc(OC)cc1)C(C)(C)C. The van der Waals surface area contributed by atoms with Crippen LogP contribution in [0.5, 0.6) is 5.75 Å². The minimum atomic E-state index is -0.919. The van der Waals surface area contributed by atoms with Gasteiger partial charge in [-0.25, -0.2) is 5.06 Å². The molecule has 0 fully saturated rings. The zero-order chi connectivity index (χ0) is 21.3. The molecular weight excluding hydrogens is 360 g/mol. The molecule has 28 heavy (non-hydrogen) atoms. The summed E-state index contributed by atoms with van der Waals surface area (Å²) in [7, 11) is 1.57. The molecule has 1 unspecified atom stereocenters.